The molecular formula is C16H19N5O7S. The first-order valence-corrected chi connectivity index (χ1v) is 9.13. The lowest BCUT2D eigenvalue weighted by atomic mass is 10.2. The number of non-ortho nitro benzene ring substituents is 1. The maximum Gasteiger partial charge on any atom is 0.294 e. The molecule has 29 heavy (non-hydrogen) atoms. The van der Waals surface area contributed by atoms with Crippen molar-refractivity contribution in [1.29, 1.82) is 5.41 Å². The first-order chi connectivity index (χ1) is 13.5. The number of aryl methyl sites for hydroxylation is 1. The number of hydrogen-bond donors (Lipinski definition) is 4. The van der Waals surface area contributed by atoms with E-state index < -0.39 is 21.0 Å². The lowest BCUT2D eigenvalue weighted by Gasteiger charge is -2.07. The number of nitrogens with two attached hydrogens (primary N) is 1. The van der Waals surface area contributed by atoms with Gasteiger partial charge in [0.25, 0.3) is 15.8 Å². The highest BCUT2D eigenvalue weighted by atomic mass is 32.2. The Morgan fingerprint density at radius 1 is 1.31 bits per heavy atom. The number of benzene rings is 2. The fourth-order valence-electron chi connectivity index (χ4n) is 1.83. The highest BCUT2D eigenvalue weighted by molar-refractivity contribution is 7.85. The predicted molar refractivity (Wildman–Crippen MR) is 104 cm³/mol. The Labute approximate surface area is 166 Å². The molecule has 156 valence electrons. The van der Waals surface area contributed by atoms with E-state index in [0.717, 1.165) is 11.8 Å². The quantitative estimate of drug-likeness (QED) is 0.181. The van der Waals surface area contributed by atoms with E-state index in [2.05, 4.69) is 5.10 Å². The Bertz CT molecular complexity index is 1010. The topological polar surface area (TPSA) is 192 Å². The number of methoxy groups -OCH3 is 1. The molecule has 0 heterocycles. The second-order valence-corrected chi connectivity index (χ2v) is 6.81. The lowest BCUT2D eigenvalue weighted by molar-refractivity contribution is -0.384. The minimum atomic E-state index is -4.02. The lowest BCUT2D eigenvalue weighted by Crippen LogP contribution is -2.28. The van der Waals surface area contributed by atoms with Crippen LogP contribution in [-0.4, -0.2) is 47.6 Å². The molecule has 12 nitrogen and oxygen atoms in total. The van der Waals surface area contributed by atoms with E-state index >= 15 is 0 Å². The summed E-state index contributed by atoms with van der Waals surface area (Å²) in [6.07, 6.45) is 1.09. The van der Waals surface area contributed by atoms with Crippen LogP contribution in [0.4, 0.5) is 5.69 Å². The van der Waals surface area contributed by atoms with Crippen molar-refractivity contribution in [1.82, 2.24) is 5.17 Å². The van der Waals surface area contributed by atoms with E-state index in [4.69, 9.17) is 25.6 Å². The maximum atomic E-state index is 10.6. The normalized spacial score (nSPS) is 10.8. The van der Waals surface area contributed by atoms with Crippen molar-refractivity contribution in [2.24, 2.45) is 10.8 Å². The van der Waals surface area contributed by atoms with E-state index in [0.29, 0.717) is 5.75 Å². The number of nitro groups is 1. The molecule has 5 N–H and O–H groups in total. The monoisotopic (exact) mass is 425 g/mol. The number of hydrazone groups is 1. The Morgan fingerprint density at radius 2 is 1.90 bits per heavy atom. The zero-order valence-corrected chi connectivity index (χ0v) is 16.2. The second kappa shape index (κ2) is 10.1. The average molecular weight is 425 g/mol. The minimum Gasteiger partial charge on any atom is -0.496 e. The van der Waals surface area contributed by atoms with Gasteiger partial charge in [-0.2, -0.15) is 13.5 Å². The molecule has 0 aromatic heterocycles. The minimum absolute atomic E-state index is 0.0666. The molecule has 0 aliphatic heterocycles. The van der Waals surface area contributed by atoms with Crippen molar-refractivity contribution in [3.8, 4) is 5.75 Å². The van der Waals surface area contributed by atoms with Crippen LogP contribution in [0.15, 0.2) is 52.5 Å². The molecule has 0 aliphatic carbocycles. The zero-order valence-electron chi connectivity index (χ0n) is 15.4. The number of nitrogens with zero attached hydrogens (tertiary/aromatic N) is 3. The zero-order chi connectivity index (χ0) is 22.2. The van der Waals surface area contributed by atoms with Gasteiger partial charge in [0.2, 0.25) is 5.96 Å². The largest absolute Gasteiger partial charge is 0.496 e. The molecule has 13 heteroatoms. The number of rotatable bonds is 5. The summed E-state index contributed by atoms with van der Waals surface area (Å²) in [6.45, 7) is 1.84. The van der Waals surface area contributed by atoms with Crippen LogP contribution in [0, 0.1) is 22.4 Å². The van der Waals surface area contributed by atoms with Gasteiger partial charge in [0.1, 0.15) is 5.75 Å². The van der Waals surface area contributed by atoms with Crippen LogP contribution in [0.1, 0.15) is 11.1 Å². The number of hydrogen-bond acceptors (Lipinski definition) is 8. The van der Waals surface area contributed by atoms with Crippen LogP contribution < -0.4 is 10.5 Å². The Morgan fingerprint density at radius 3 is 2.34 bits per heavy atom. The first-order valence-electron chi connectivity index (χ1n) is 7.69. The maximum absolute atomic E-state index is 10.6. The summed E-state index contributed by atoms with van der Waals surface area (Å²) in [5.74, 6) is -0.350. The van der Waals surface area contributed by atoms with E-state index in [1.807, 2.05) is 6.92 Å². The Balaban J connectivity index is 0.000000326. The molecule has 0 aliphatic rings. The van der Waals surface area contributed by atoms with Gasteiger partial charge in [-0.15, -0.1) is 5.17 Å². The molecule has 2 aromatic rings. The molecular weight excluding hydrogens is 406 g/mol. The molecule has 0 saturated carbocycles. The van der Waals surface area contributed by atoms with Crippen molar-refractivity contribution in [3.05, 3.63) is 63.7 Å². The van der Waals surface area contributed by atoms with Crippen LogP contribution in [0.3, 0.4) is 0 Å². The molecule has 0 atom stereocenters. The van der Waals surface area contributed by atoms with Gasteiger partial charge in [-0.1, -0.05) is 17.7 Å². The number of nitrogens with one attached hydrogen (secondary N) is 1. The summed E-state index contributed by atoms with van der Waals surface area (Å²) in [4.78, 5) is 9.97. The summed E-state index contributed by atoms with van der Waals surface area (Å²) in [5.41, 5.74) is 6.03. The van der Waals surface area contributed by atoms with E-state index in [9.17, 15) is 18.5 Å². The van der Waals surface area contributed by atoms with Crippen molar-refractivity contribution in [2.45, 2.75) is 11.8 Å². The first kappa shape index (κ1) is 23.5. The van der Waals surface area contributed by atoms with Gasteiger partial charge >= 0.3 is 0 Å². The highest BCUT2D eigenvalue weighted by Crippen LogP contribution is 2.22. The van der Waals surface area contributed by atoms with E-state index in [1.54, 1.807) is 12.1 Å². The Hall–Kier alpha value is -3.55. The van der Waals surface area contributed by atoms with Gasteiger partial charge in [-0.3, -0.25) is 25.3 Å². The number of ether oxygens (including phenoxy) is 1. The van der Waals surface area contributed by atoms with Gasteiger partial charge in [0.05, 0.1) is 23.1 Å². The van der Waals surface area contributed by atoms with Gasteiger partial charge in [-0.05, 0) is 25.1 Å². The highest BCUT2D eigenvalue weighted by Gasteiger charge is 2.10. The summed E-state index contributed by atoms with van der Waals surface area (Å²) in [7, 11) is -2.63. The van der Waals surface area contributed by atoms with Crippen LogP contribution in [0.5, 0.6) is 5.75 Å². The van der Waals surface area contributed by atoms with Gasteiger partial charge in [0, 0.05) is 17.7 Å². The summed E-state index contributed by atoms with van der Waals surface area (Å²) in [5, 5.41) is 30.1. The molecule has 0 amide bonds. The van der Waals surface area contributed by atoms with Gasteiger partial charge in [0.15, 0.2) is 0 Å². The third kappa shape index (κ3) is 7.53. The van der Waals surface area contributed by atoms with Crippen LogP contribution in [-0.2, 0) is 10.1 Å². The van der Waals surface area contributed by atoms with Crippen LogP contribution in [0.25, 0.3) is 0 Å². The number of guanidine groups is 1. The molecule has 0 saturated heterocycles. The van der Waals surface area contributed by atoms with Gasteiger partial charge in [-0.25, -0.2) is 0 Å². The summed E-state index contributed by atoms with van der Waals surface area (Å²) in [6, 6.07) is 9.88. The SMILES string of the molecule is COc1ccc([N+](=O)[O-])cc1C=NN(O)C(=N)N.Cc1ccc(S(=O)(=O)O)cc1. The molecule has 0 unspecified atom stereocenters. The fourth-order valence-corrected chi connectivity index (χ4v) is 2.31. The van der Waals surface area contributed by atoms with E-state index in [1.165, 1.54) is 37.4 Å². The van der Waals surface area contributed by atoms with Crippen molar-refractivity contribution in [2.75, 3.05) is 7.11 Å². The molecule has 2 aromatic carbocycles. The van der Waals surface area contributed by atoms with Crippen molar-refractivity contribution in [3.63, 3.8) is 0 Å². The van der Waals surface area contributed by atoms with Crippen LogP contribution in [0.2, 0.25) is 0 Å². The molecule has 0 radical (unpaired) electrons. The van der Waals surface area contributed by atoms with Crippen molar-refractivity contribution < 1.29 is 27.8 Å². The molecule has 0 bridgehead atoms. The molecule has 0 spiro atoms. The fraction of sp³-hybridized carbons (Fsp3) is 0.125. The number of nitro benzene ring substituents is 1. The predicted octanol–water partition coefficient (Wildman–Crippen LogP) is 1.76. The summed E-state index contributed by atoms with van der Waals surface area (Å²) >= 11 is 0. The summed E-state index contributed by atoms with van der Waals surface area (Å²) < 4.78 is 34.5. The number of hydroxylamine groups is 1. The van der Waals surface area contributed by atoms with Gasteiger partial charge < -0.3 is 10.5 Å². The third-order valence-electron chi connectivity index (χ3n) is 3.26. The third-order valence-corrected chi connectivity index (χ3v) is 4.13. The van der Waals surface area contributed by atoms with Crippen molar-refractivity contribution >= 4 is 28.0 Å². The smallest absolute Gasteiger partial charge is 0.294 e. The Kier molecular flexibility index (Phi) is 8.20. The van der Waals surface area contributed by atoms with E-state index in [-0.39, 0.29) is 21.3 Å². The molecule has 0 fully saturated rings. The standard InChI is InChI=1S/C9H11N5O4.C7H8O3S/c1-18-8-3-2-7(14(16)17)4-6(8)5-12-13(15)9(10)11;1-6-2-4-7(5-3-6)11(8,9)10/h2-5,15H,1H3,(H3,10,11);2-5H,1H3,(H,8,9,10). The molecule has 2 rings (SSSR count). The second-order valence-electron chi connectivity index (χ2n) is 5.39. The van der Waals surface area contributed by atoms with Crippen LogP contribution >= 0.6 is 0 Å². The average Bonchev–Trinajstić information content (AvgIpc) is 2.65.